The van der Waals surface area contributed by atoms with E-state index in [0.29, 0.717) is 11.8 Å². The summed E-state index contributed by atoms with van der Waals surface area (Å²) in [4.78, 5) is 14.3. The standard InChI is InChI=1S/C17H26N2O3S/c1-13-4-6-16(7-5-13)23(21,22)18-9-8-17(20)19-11-14(2)10-15(3)12-19/h4-7,14-15,18H,8-12H2,1-3H3/t14-,15-/m0/s1. The lowest BCUT2D eigenvalue weighted by Gasteiger charge is -2.35. The summed E-state index contributed by atoms with van der Waals surface area (Å²) in [5.41, 5.74) is 1.01. The van der Waals surface area contributed by atoms with Crippen molar-refractivity contribution >= 4 is 15.9 Å². The van der Waals surface area contributed by atoms with Crippen molar-refractivity contribution in [3.8, 4) is 0 Å². The maximum atomic E-state index is 12.2. The van der Waals surface area contributed by atoms with Crippen molar-refractivity contribution in [1.29, 1.82) is 0 Å². The lowest BCUT2D eigenvalue weighted by molar-refractivity contribution is -0.133. The maximum absolute atomic E-state index is 12.2. The van der Waals surface area contributed by atoms with Gasteiger partial charge < -0.3 is 4.90 Å². The zero-order chi connectivity index (χ0) is 17.0. The van der Waals surface area contributed by atoms with E-state index in [4.69, 9.17) is 0 Å². The Balaban J connectivity index is 1.86. The molecule has 1 fully saturated rings. The van der Waals surface area contributed by atoms with Crippen LogP contribution in [0.4, 0.5) is 0 Å². The summed E-state index contributed by atoms with van der Waals surface area (Å²) >= 11 is 0. The number of rotatable bonds is 5. The van der Waals surface area contributed by atoms with Crippen LogP contribution in [0.5, 0.6) is 0 Å². The van der Waals surface area contributed by atoms with Crippen molar-refractivity contribution in [2.24, 2.45) is 11.8 Å². The number of piperidine rings is 1. The van der Waals surface area contributed by atoms with Crippen molar-refractivity contribution in [1.82, 2.24) is 9.62 Å². The molecule has 23 heavy (non-hydrogen) atoms. The molecule has 1 amide bonds. The maximum Gasteiger partial charge on any atom is 0.240 e. The number of hydrogen-bond donors (Lipinski definition) is 1. The number of nitrogens with one attached hydrogen (secondary N) is 1. The average molecular weight is 338 g/mol. The fourth-order valence-corrected chi connectivity index (χ4v) is 4.15. The number of aryl methyl sites for hydroxylation is 1. The molecule has 0 unspecified atom stereocenters. The molecule has 1 aromatic rings. The van der Waals surface area contributed by atoms with Gasteiger partial charge in [-0.15, -0.1) is 0 Å². The van der Waals surface area contributed by atoms with E-state index < -0.39 is 10.0 Å². The lowest BCUT2D eigenvalue weighted by Crippen LogP contribution is -2.43. The molecule has 0 spiro atoms. The summed E-state index contributed by atoms with van der Waals surface area (Å²) in [5, 5.41) is 0. The number of amides is 1. The fraction of sp³-hybridized carbons (Fsp3) is 0.588. The Morgan fingerprint density at radius 1 is 1.17 bits per heavy atom. The Morgan fingerprint density at radius 2 is 1.74 bits per heavy atom. The molecule has 0 bridgehead atoms. The second-order valence-corrected chi connectivity index (χ2v) is 8.47. The molecule has 0 radical (unpaired) electrons. The molecule has 5 nitrogen and oxygen atoms in total. The van der Waals surface area contributed by atoms with Gasteiger partial charge in [0.25, 0.3) is 0 Å². The molecule has 0 aliphatic carbocycles. The first kappa shape index (κ1) is 17.9. The van der Waals surface area contributed by atoms with E-state index in [2.05, 4.69) is 18.6 Å². The average Bonchev–Trinajstić information content (AvgIpc) is 2.46. The minimum Gasteiger partial charge on any atom is -0.342 e. The SMILES string of the molecule is Cc1ccc(S(=O)(=O)NCCC(=O)N2C[C@@H](C)C[C@H](C)C2)cc1. The smallest absolute Gasteiger partial charge is 0.240 e. The van der Waals surface area contributed by atoms with E-state index in [1.165, 1.54) is 0 Å². The molecule has 0 saturated carbocycles. The Bertz CT molecular complexity index is 630. The first-order valence-electron chi connectivity index (χ1n) is 8.12. The van der Waals surface area contributed by atoms with Gasteiger partial charge in [-0.25, -0.2) is 13.1 Å². The summed E-state index contributed by atoms with van der Waals surface area (Å²) in [6.07, 6.45) is 1.34. The predicted octanol–water partition coefficient (Wildman–Crippen LogP) is 2.17. The molecule has 1 aromatic carbocycles. The molecular formula is C17H26N2O3S. The molecule has 1 aliphatic heterocycles. The Kier molecular flexibility index (Phi) is 5.81. The third-order valence-electron chi connectivity index (χ3n) is 4.18. The molecule has 1 heterocycles. The quantitative estimate of drug-likeness (QED) is 0.895. The van der Waals surface area contributed by atoms with Crippen molar-refractivity contribution in [3.63, 3.8) is 0 Å². The van der Waals surface area contributed by atoms with Crippen LogP contribution in [0.3, 0.4) is 0 Å². The van der Waals surface area contributed by atoms with Crippen LogP contribution in [0.1, 0.15) is 32.3 Å². The summed E-state index contributed by atoms with van der Waals surface area (Å²) in [7, 11) is -3.55. The monoisotopic (exact) mass is 338 g/mol. The van der Waals surface area contributed by atoms with Crippen molar-refractivity contribution in [2.45, 2.75) is 38.5 Å². The molecule has 1 aliphatic rings. The van der Waals surface area contributed by atoms with Gasteiger partial charge in [-0.2, -0.15) is 0 Å². The van der Waals surface area contributed by atoms with E-state index in [1.807, 2.05) is 11.8 Å². The zero-order valence-corrected chi connectivity index (χ0v) is 14.9. The van der Waals surface area contributed by atoms with Gasteiger partial charge in [-0.3, -0.25) is 4.79 Å². The summed E-state index contributed by atoms with van der Waals surface area (Å²) in [6.45, 7) is 7.88. The third kappa shape index (κ3) is 5.04. The van der Waals surface area contributed by atoms with Gasteiger partial charge >= 0.3 is 0 Å². The van der Waals surface area contributed by atoms with Crippen LogP contribution in [0.25, 0.3) is 0 Å². The van der Waals surface area contributed by atoms with E-state index in [9.17, 15) is 13.2 Å². The van der Waals surface area contributed by atoms with Crippen LogP contribution >= 0.6 is 0 Å². The molecule has 1 N–H and O–H groups in total. The first-order valence-corrected chi connectivity index (χ1v) is 9.60. The number of carbonyl (C=O) groups excluding carboxylic acids is 1. The van der Waals surface area contributed by atoms with Crippen LogP contribution < -0.4 is 4.72 Å². The first-order chi connectivity index (χ1) is 10.8. The van der Waals surface area contributed by atoms with E-state index in [0.717, 1.165) is 25.1 Å². The van der Waals surface area contributed by atoms with Gasteiger partial charge in [0.15, 0.2) is 0 Å². The molecular weight excluding hydrogens is 312 g/mol. The van der Waals surface area contributed by atoms with Crippen LogP contribution in [-0.4, -0.2) is 38.9 Å². The lowest BCUT2D eigenvalue weighted by atomic mass is 9.92. The van der Waals surface area contributed by atoms with Gasteiger partial charge in [0.2, 0.25) is 15.9 Å². The normalized spacial score (nSPS) is 22.1. The van der Waals surface area contributed by atoms with E-state index in [-0.39, 0.29) is 23.8 Å². The molecule has 128 valence electrons. The minimum atomic E-state index is -3.55. The fourth-order valence-electron chi connectivity index (χ4n) is 3.12. The number of sulfonamides is 1. The van der Waals surface area contributed by atoms with Crippen molar-refractivity contribution in [3.05, 3.63) is 29.8 Å². The van der Waals surface area contributed by atoms with Crippen LogP contribution in [0, 0.1) is 18.8 Å². The molecule has 2 atom stereocenters. The summed E-state index contributed by atoms with van der Waals surface area (Å²) in [5.74, 6) is 1.04. The second-order valence-electron chi connectivity index (χ2n) is 6.71. The van der Waals surface area contributed by atoms with Gasteiger partial charge in [0.1, 0.15) is 0 Å². The van der Waals surface area contributed by atoms with Gasteiger partial charge in [-0.1, -0.05) is 31.5 Å². The highest BCUT2D eigenvalue weighted by atomic mass is 32.2. The topological polar surface area (TPSA) is 66.5 Å². The van der Waals surface area contributed by atoms with E-state index in [1.54, 1.807) is 24.3 Å². The van der Waals surface area contributed by atoms with Gasteiger partial charge in [-0.05, 0) is 37.3 Å². The van der Waals surface area contributed by atoms with Crippen LogP contribution in [0.2, 0.25) is 0 Å². The highest BCUT2D eigenvalue weighted by Crippen LogP contribution is 2.21. The summed E-state index contributed by atoms with van der Waals surface area (Å²) < 4.78 is 26.9. The molecule has 1 saturated heterocycles. The third-order valence-corrected chi connectivity index (χ3v) is 5.66. The van der Waals surface area contributed by atoms with E-state index >= 15 is 0 Å². The van der Waals surface area contributed by atoms with Crippen LogP contribution in [0.15, 0.2) is 29.2 Å². The van der Waals surface area contributed by atoms with Crippen LogP contribution in [-0.2, 0) is 14.8 Å². The largest absolute Gasteiger partial charge is 0.342 e. The Morgan fingerprint density at radius 3 is 2.30 bits per heavy atom. The van der Waals surface area contributed by atoms with Gasteiger partial charge in [0.05, 0.1) is 4.90 Å². The van der Waals surface area contributed by atoms with Crippen molar-refractivity contribution < 1.29 is 13.2 Å². The Hall–Kier alpha value is -1.40. The Labute approximate surface area is 139 Å². The number of nitrogens with zero attached hydrogens (tertiary/aromatic N) is 1. The highest BCUT2D eigenvalue weighted by Gasteiger charge is 2.25. The van der Waals surface area contributed by atoms with Gasteiger partial charge in [0, 0.05) is 26.1 Å². The molecule has 2 rings (SSSR count). The number of hydrogen-bond acceptors (Lipinski definition) is 3. The van der Waals surface area contributed by atoms with Crippen molar-refractivity contribution in [2.75, 3.05) is 19.6 Å². The molecule has 0 aromatic heterocycles. The second kappa shape index (κ2) is 7.45. The highest BCUT2D eigenvalue weighted by molar-refractivity contribution is 7.89. The number of carbonyl (C=O) groups is 1. The number of benzene rings is 1. The zero-order valence-electron chi connectivity index (χ0n) is 14.1. The minimum absolute atomic E-state index is 0.0232. The summed E-state index contributed by atoms with van der Waals surface area (Å²) in [6, 6.07) is 6.67. The predicted molar refractivity (Wildman–Crippen MR) is 90.5 cm³/mol. The molecule has 6 heteroatoms. The number of likely N-dealkylation sites (tertiary alicyclic amines) is 1.